The van der Waals surface area contributed by atoms with Crippen LogP contribution in [0.15, 0.2) is 30.9 Å². The molecule has 4 heteroatoms. The number of imidazole rings is 1. The van der Waals surface area contributed by atoms with Crippen molar-refractivity contribution in [3.05, 3.63) is 47.8 Å². The van der Waals surface area contributed by atoms with Crippen LogP contribution >= 0.6 is 0 Å². The first-order valence-corrected chi connectivity index (χ1v) is 6.88. The van der Waals surface area contributed by atoms with E-state index in [9.17, 15) is 0 Å². The largest absolute Gasteiger partial charge is 0.340 e. The maximum Gasteiger partial charge on any atom is 0.0947 e. The number of aryl methyl sites for hydroxylation is 2. The summed E-state index contributed by atoms with van der Waals surface area (Å²) >= 11 is 0. The van der Waals surface area contributed by atoms with Gasteiger partial charge in [0.05, 0.1) is 18.1 Å². The summed E-state index contributed by atoms with van der Waals surface area (Å²) in [5, 5.41) is 3.47. The first-order chi connectivity index (χ1) is 9.22. The quantitative estimate of drug-likeness (QED) is 0.864. The number of nitrogens with one attached hydrogen (secondary N) is 1. The van der Waals surface area contributed by atoms with E-state index >= 15 is 0 Å². The summed E-state index contributed by atoms with van der Waals surface area (Å²) in [6, 6.07) is 4.50. The van der Waals surface area contributed by atoms with E-state index in [0.717, 1.165) is 30.8 Å². The minimum Gasteiger partial charge on any atom is -0.340 e. The maximum atomic E-state index is 4.53. The van der Waals surface area contributed by atoms with Crippen LogP contribution in [0.3, 0.4) is 0 Å². The van der Waals surface area contributed by atoms with Crippen molar-refractivity contribution in [2.75, 3.05) is 6.54 Å². The van der Waals surface area contributed by atoms with E-state index in [1.165, 1.54) is 5.56 Å². The summed E-state index contributed by atoms with van der Waals surface area (Å²) in [7, 11) is 1.99. The molecule has 2 rings (SSSR count). The van der Waals surface area contributed by atoms with Crippen molar-refractivity contribution in [1.82, 2.24) is 19.9 Å². The van der Waals surface area contributed by atoms with Gasteiger partial charge in [-0.25, -0.2) is 4.98 Å². The number of likely N-dealkylation sites (N-methyl/N-ethyl adjacent to an activating group) is 1. The first kappa shape index (κ1) is 13.7. The van der Waals surface area contributed by atoms with Crippen molar-refractivity contribution in [1.29, 1.82) is 0 Å². The Labute approximate surface area is 114 Å². The molecule has 19 heavy (non-hydrogen) atoms. The average molecular weight is 258 g/mol. The van der Waals surface area contributed by atoms with Crippen molar-refractivity contribution in [2.45, 2.75) is 32.7 Å². The molecule has 0 aliphatic heterocycles. The van der Waals surface area contributed by atoms with Crippen molar-refractivity contribution < 1.29 is 0 Å². The van der Waals surface area contributed by atoms with Crippen LogP contribution < -0.4 is 5.32 Å². The van der Waals surface area contributed by atoms with E-state index in [4.69, 9.17) is 0 Å². The summed E-state index contributed by atoms with van der Waals surface area (Å²) in [6.45, 7) is 5.18. The molecule has 0 aliphatic rings. The van der Waals surface area contributed by atoms with Crippen LogP contribution in [0.4, 0.5) is 0 Å². The Kier molecular flexibility index (Phi) is 4.68. The van der Waals surface area contributed by atoms with E-state index in [-0.39, 0.29) is 6.04 Å². The molecule has 102 valence electrons. The Bertz CT molecular complexity index is 501. The third-order valence-corrected chi connectivity index (χ3v) is 3.24. The van der Waals surface area contributed by atoms with Gasteiger partial charge in [-0.15, -0.1) is 0 Å². The third kappa shape index (κ3) is 3.64. The summed E-state index contributed by atoms with van der Waals surface area (Å²) in [5.74, 6) is 0. The zero-order chi connectivity index (χ0) is 13.7. The van der Waals surface area contributed by atoms with Gasteiger partial charge in [-0.1, -0.05) is 19.9 Å². The molecule has 4 nitrogen and oxygen atoms in total. The second-order valence-corrected chi connectivity index (χ2v) is 4.79. The van der Waals surface area contributed by atoms with Gasteiger partial charge in [-0.05, 0) is 24.6 Å². The highest BCUT2D eigenvalue weighted by atomic mass is 15.0. The van der Waals surface area contributed by atoms with Crippen LogP contribution in [0.5, 0.6) is 0 Å². The second-order valence-electron chi connectivity index (χ2n) is 4.79. The van der Waals surface area contributed by atoms with Gasteiger partial charge in [0.15, 0.2) is 0 Å². The summed E-state index contributed by atoms with van der Waals surface area (Å²) in [5.41, 5.74) is 3.46. The van der Waals surface area contributed by atoms with Crippen LogP contribution in [0, 0.1) is 0 Å². The van der Waals surface area contributed by atoms with Crippen LogP contribution in [-0.4, -0.2) is 21.1 Å². The van der Waals surface area contributed by atoms with Gasteiger partial charge < -0.3 is 9.88 Å². The number of hydrogen-bond acceptors (Lipinski definition) is 3. The molecule has 0 saturated carbocycles. The van der Waals surface area contributed by atoms with Crippen LogP contribution in [0.2, 0.25) is 0 Å². The molecule has 0 radical (unpaired) electrons. The molecule has 0 saturated heterocycles. The van der Waals surface area contributed by atoms with Gasteiger partial charge in [0, 0.05) is 31.6 Å². The molecule has 2 aromatic heterocycles. The third-order valence-electron chi connectivity index (χ3n) is 3.24. The lowest BCUT2D eigenvalue weighted by Gasteiger charge is -2.15. The molecule has 0 amide bonds. The fraction of sp³-hybridized carbons (Fsp3) is 0.467. The highest BCUT2D eigenvalue weighted by molar-refractivity contribution is 5.16. The number of pyridine rings is 1. The Morgan fingerprint density at radius 3 is 2.63 bits per heavy atom. The highest BCUT2D eigenvalue weighted by Crippen LogP contribution is 2.15. The maximum absolute atomic E-state index is 4.53. The SMILES string of the molecule is CCNC(Cc1ccc(CC)cn1)c1cn(C)cn1. The molecule has 1 atom stereocenters. The first-order valence-electron chi connectivity index (χ1n) is 6.88. The predicted molar refractivity (Wildman–Crippen MR) is 76.9 cm³/mol. The normalized spacial score (nSPS) is 12.6. The molecule has 0 spiro atoms. The highest BCUT2D eigenvalue weighted by Gasteiger charge is 2.14. The number of nitrogens with zero attached hydrogens (tertiary/aromatic N) is 3. The van der Waals surface area contributed by atoms with Crippen molar-refractivity contribution in [3.8, 4) is 0 Å². The fourth-order valence-electron chi connectivity index (χ4n) is 2.13. The Hall–Kier alpha value is -1.68. The Morgan fingerprint density at radius 1 is 1.26 bits per heavy atom. The van der Waals surface area contributed by atoms with Crippen molar-refractivity contribution in [2.24, 2.45) is 7.05 Å². The van der Waals surface area contributed by atoms with Crippen LogP contribution in [0.25, 0.3) is 0 Å². The molecule has 2 aromatic rings. The molecule has 0 bridgehead atoms. The van der Waals surface area contributed by atoms with Crippen LogP contribution in [0.1, 0.15) is 36.8 Å². The predicted octanol–water partition coefficient (Wildman–Crippen LogP) is 2.27. The monoisotopic (exact) mass is 258 g/mol. The van der Waals surface area contributed by atoms with E-state index in [1.54, 1.807) is 0 Å². The summed E-state index contributed by atoms with van der Waals surface area (Å²) < 4.78 is 1.98. The molecular weight excluding hydrogens is 236 g/mol. The summed E-state index contributed by atoms with van der Waals surface area (Å²) in [4.78, 5) is 8.97. The van der Waals surface area contributed by atoms with Gasteiger partial charge in [-0.3, -0.25) is 4.98 Å². The Balaban J connectivity index is 2.11. The van der Waals surface area contributed by atoms with Crippen LogP contribution in [-0.2, 0) is 19.9 Å². The zero-order valence-corrected chi connectivity index (χ0v) is 11.9. The van der Waals surface area contributed by atoms with E-state index in [2.05, 4.69) is 47.5 Å². The summed E-state index contributed by atoms with van der Waals surface area (Å²) in [6.07, 6.45) is 7.77. The van der Waals surface area contributed by atoms with Gasteiger partial charge >= 0.3 is 0 Å². The lowest BCUT2D eigenvalue weighted by atomic mass is 10.1. The number of hydrogen-bond donors (Lipinski definition) is 1. The number of aromatic nitrogens is 3. The molecule has 0 aromatic carbocycles. The lowest BCUT2D eigenvalue weighted by Crippen LogP contribution is -2.23. The zero-order valence-electron chi connectivity index (χ0n) is 11.9. The van der Waals surface area contributed by atoms with E-state index in [0.29, 0.717) is 0 Å². The van der Waals surface area contributed by atoms with Crippen molar-refractivity contribution in [3.63, 3.8) is 0 Å². The standard InChI is InChI=1S/C15H22N4/c1-4-12-6-7-13(17-9-12)8-14(16-5-2)15-10-19(3)11-18-15/h6-7,9-11,14,16H,4-5,8H2,1-3H3. The molecule has 0 aliphatic carbocycles. The van der Waals surface area contributed by atoms with Gasteiger partial charge in [-0.2, -0.15) is 0 Å². The molecule has 1 unspecified atom stereocenters. The van der Waals surface area contributed by atoms with E-state index in [1.807, 2.05) is 24.1 Å². The topological polar surface area (TPSA) is 42.7 Å². The molecule has 1 N–H and O–H groups in total. The van der Waals surface area contributed by atoms with Crippen molar-refractivity contribution >= 4 is 0 Å². The molecule has 2 heterocycles. The van der Waals surface area contributed by atoms with Gasteiger partial charge in [0.25, 0.3) is 0 Å². The minimum atomic E-state index is 0.228. The lowest BCUT2D eigenvalue weighted by molar-refractivity contribution is 0.533. The molecular formula is C15H22N4. The number of rotatable bonds is 6. The molecule has 0 fully saturated rings. The van der Waals surface area contributed by atoms with Gasteiger partial charge in [0.2, 0.25) is 0 Å². The Morgan fingerprint density at radius 2 is 2.11 bits per heavy atom. The van der Waals surface area contributed by atoms with E-state index < -0.39 is 0 Å². The van der Waals surface area contributed by atoms with Gasteiger partial charge in [0.1, 0.15) is 0 Å². The minimum absolute atomic E-state index is 0.228. The average Bonchev–Trinajstić information content (AvgIpc) is 2.86. The second kappa shape index (κ2) is 6.48. The fourth-order valence-corrected chi connectivity index (χ4v) is 2.13. The smallest absolute Gasteiger partial charge is 0.0947 e.